The molecule has 2 rings (SSSR count). The van der Waals surface area contributed by atoms with Crippen molar-refractivity contribution >= 4 is 22.7 Å². The van der Waals surface area contributed by atoms with Gasteiger partial charge in [-0.2, -0.15) is 0 Å². The van der Waals surface area contributed by atoms with E-state index in [0.717, 1.165) is 10.6 Å². The van der Waals surface area contributed by atoms with Crippen molar-refractivity contribution in [1.29, 1.82) is 0 Å². The highest BCUT2D eigenvalue weighted by Crippen LogP contribution is 2.15. The molecule has 0 saturated heterocycles. The average molecular weight is 166 g/mol. The molecular formula is C7H6N2OS. The van der Waals surface area contributed by atoms with Gasteiger partial charge in [0.25, 0.3) is 0 Å². The van der Waals surface area contributed by atoms with Crippen molar-refractivity contribution in [3.05, 3.63) is 23.3 Å². The van der Waals surface area contributed by atoms with Crippen LogP contribution in [0.3, 0.4) is 0 Å². The SMILES string of the molecule is O=S1CN=C2C=CC=NC=C21. The van der Waals surface area contributed by atoms with Crippen LogP contribution in [-0.2, 0) is 10.8 Å². The number of fused-ring (bicyclic) bond motifs is 1. The van der Waals surface area contributed by atoms with Gasteiger partial charge in [-0.15, -0.1) is 0 Å². The maximum Gasteiger partial charge on any atom is 0.120 e. The molecule has 1 unspecified atom stereocenters. The summed E-state index contributed by atoms with van der Waals surface area (Å²) < 4.78 is 11.2. The second-order valence-corrected chi connectivity index (χ2v) is 3.56. The third-order valence-corrected chi connectivity index (χ3v) is 2.64. The van der Waals surface area contributed by atoms with Crippen LogP contribution in [0.15, 0.2) is 33.2 Å². The quantitative estimate of drug-likeness (QED) is 0.520. The smallest absolute Gasteiger partial charge is 0.120 e. The Balaban J connectivity index is 2.49. The minimum Gasteiger partial charge on any atom is -0.270 e. The minimum absolute atomic E-state index is 0.390. The summed E-state index contributed by atoms with van der Waals surface area (Å²) in [6, 6.07) is 0. The van der Waals surface area contributed by atoms with Crippen LogP contribution in [0.2, 0.25) is 0 Å². The van der Waals surface area contributed by atoms with Crippen molar-refractivity contribution in [2.45, 2.75) is 0 Å². The lowest BCUT2D eigenvalue weighted by atomic mass is 10.3. The summed E-state index contributed by atoms with van der Waals surface area (Å²) in [5.74, 6) is 0.390. The van der Waals surface area contributed by atoms with E-state index >= 15 is 0 Å². The van der Waals surface area contributed by atoms with Crippen LogP contribution >= 0.6 is 0 Å². The molecule has 4 heteroatoms. The van der Waals surface area contributed by atoms with Gasteiger partial charge in [0.05, 0.1) is 21.4 Å². The van der Waals surface area contributed by atoms with Crippen LogP contribution in [-0.4, -0.2) is 22.0 Å². The normalized spacial score (nSPS) is 27.5. The van der Waals surface area contributed by atoms with Gasteiger partial charge < -0.3 is 0 Å². The molecule has 0 aliphatic carbocycles. The summed E-state index contributed by atoms with van der Waals surface area (Å²) in [4.78, 5) is 8.74. The molecule has 3 nitrogen and oxygen atoms in total. The number of rotatable bonds is 0. The van der Waals surface area contributed by atoms with Crippen LogP contribution in [0, 0.1) is 0 Å². The lowest BCUT2D eigenvalue weighted by Gasteiger charge is -1.90. The van der Waals surface area contributed by atoms with E-state index in [4.69, 9.17) is 0 Å². The van der Waals surface area contributed by atoms with E-state index in [1.807, 2.05) is 6.08 Å². The Hall–Kier alpha value is -1.03. The molecule has 0 spiro atoms. The number of hydrogen-bond acceptors (Lipinski definition) is 3. The Bertz CT molecular complexity index is 325. The predicted octanol–water partition coefficient (Wildman–Crippen LogP) is 0.629. The monoisotopic (exact) mass is 166 g/mol. The first kappa shape index (κ1) is 6.67. The van der Waals surface area contributed by atoms with E-state index in [-0.39, 0.29) is 0 Å². The van der Waals surface area contributed by atoms with Gasteiger partial charge in [0.15, 0.2) is 0 Å². The molecule has 1 atom stereocenters. The highest BCUT2D eigenvalue weighted by Gasteiger charge is 2.18. The molecule has 0 N–H and O–H groups in total. The van der Waals surface area contributed by atoms with Crippen molar-refractivity contribution < 1.29 is 4.21 Å². The molecule has 0 saturated carbocycles. The molecule has 0 fully saturated rings. The first-order chi connectivity index (χ1) is 5.38. The molecule has 0 aromatic rings. The Labute approximate surface area is 66.7 Å². The van der Waals surface area contributed by atoms with E-state index in [0.29, 0.717) is 5.88 Å². The molecular weight excluding hydrogens is 160 g/mol. The summed E-state index contributed by atoms with van der Waals surface area (Å²) in [7, 11) is -0.958. The molecule has 2 aliphatic rings. The Kier molecular flexibility index (Phi) is 1.54. The van der Waals surface area contributed by atoms with E-state index in [1.165, 1.54) is 0 Å². The van der Waals surface area contributed by atoms with Gasteiger partial charge in [-0.1, -0.05) is 0 Å². The molecule has 2 aliphatic heterocycles. The maximum atomic E-state index is 11.2. The highest BCUT2D eigenvalue weighted by molar-refractivity contribution is 7.90. The lowest BCUT2D eigenvalue weighted by Crippen LogP contribution is -1.96. The van der Waals surface area contributed by atoms with Crippen LogP contribution in [0.1, 0.15) is 0 Å². The fraction of sp³-hybridized carbons (Fsp3) is 0.143. The number of hydrogen-bond donors (Lipinski definition) is 0. The Morgan fingerprint density at radius 1 is 1.55 bits per heavy atom. The van der Waals surface area contributed by atoms with E-state index in [9.17, 15) is 4.21 Å². The van der Waals surface area contributed by atoms with E-state index < -0.39 is 10.8 Å². The minimum atomic E-state index is -0.958. The fourth-order valence-electron chi connectivity index (χ4n) is 0.947. The molecule has 0 bridgehead atoms. The second kappa shape index (κ2) is 2.54. The summed E-state index contributed by atoms with van der Waals surface area (Å²) in [6.07, 6.45) is 6.89. The van der Waals surface area contributed by atoms with Gasteiger partial charge >= 0.3 is 0 Å². The first-order valence-electron chi connectivity index (χ1n) is 3.21. The van der Waals surface area contributed by atoms with Crippen LogP contribution < -0.4 is 0 Å². The third-order valence-electron chi connectivity index (χ3n) is 1.47. The average Bonchev–Trinajstić information content (AvgIpc) is 2.25. The molecule has 11 heavy (non-hydrogen) atoms. The maximum absolute atomic E-state index is 11.2. The summed E-state index contributed by atoms with van der Waals surface area (Å²) in [5.41, 5.74) is 0.806. The molecule has 0 aromatic heterocycles. The van der Waals surface area contributed by atoms with Gasteiger partial charge in [-0.05, 0) is 12.2 Å². The highest BCUT2D eigenvalue weighted by atomic mass is 32.2. The van der Waals surface area contributed by atoms with Gasteiger partial charge in [-0.3, -0.25) is 14.2 Å². The zero-order valence-corrected chi connectivity index (χ0v) is 6.54. The number of aliphatic imine (C=N–C) groups is 2. The van der Waals surface area contributed by atoms with Crippen molar-refractivity contribution in [2.24, 2.45) is 9.98 Å². The molecule has 2 heterocycles. The molecule has 0 amide bonds. The van der Waals surface area contributed by atoms with E-state index in [2.05, 4.69) is 9.98 Å². The van der Waals surface area contributed by atoms with Gasteiger partial charge in [0.2, 0.25) is 0 Å². The van der Waals surface area contributed by atoms with Gasteiger partial charge in [0.1, 0.15) is 5.88 Å². The van der Waals surface area contributed by atoms with Crippen molar-refractivity contribution in [2.75, 3.05) is 5.88 Å². The molecule has 0 radical (unpaired) electrons. The van der Waals surface area contributed by atoms with Gasteiger partial charge in [-0.25, -0.2) is 0 Å². The van der Waals surface area contributed by atoms with Gasteiger partial charge in [0, 0.05) is 12.4 Å². The number of allylic oxidation sites excluding steroid dienone is 3. The van der Waals surface area contributed by atoms with Crippen molar-refractivity contribution in [1.82, 2.24) is 0 Å². The first-order valence-corrected chi connectivity index (χ1v) is 4.53. The van der Waals surface area contributed by atoms with E-state index in [1.54, 1.807) is 18.5 Å². The molecule has 0 aromatic carbocycles. The summed E-state index contributed by atoms with van der Waals surface area (Å²) in [5, 5.41) is 0. The number of nitrogens with zero attached hydrogens (tertiary/aromatic N) is 2. The third kappa shape index (κ3) is 1.09. The largest absolute Gasteiger partial charge is 0.270 e. The van der Waals surface area contributed by atoms with Crippen LogP contribution in [0.25, 0.3) is 0 Å². The molecule has 56 valence electrons. The summed E-state index contributed by atoms with van der Waals surface area (Å²) in [6.45, 7) is 0. The zero-order chi connectivity index (χ0) is 7.68. The topological polar surface area (TPSA) is 41.8 Å². The van der Waals surface area contributed by atoms with Crippen LogP contribution in [0.5, 0.6) is 0 Å². The Morgan fingerprint density at radius 3 is 3.36 bits per heavy atom. The summed E-state index contributed by atoms with van der Waals surface area (Å²) >= 11 is 0. The van der Waals surface area contributed by atoms with Crippen LogP contribution in [0.4, 0.5) is 0 Å². The standard InChI is InChI=1S/C7H6N2OS/c10-11-5-9-6-2-1-3-8-4-7(6)11/h1-4H,5H2. The Morgan fingerprint density at radius 2 is 2.45 bits per heavy atom. The van der Waals surface area contributed by atoms with Crippen molar-refractivity contribution in [3.63, 3.8) is 0 Å². The fourth-order valence-corrected chi connectivity index (χ4v) is 1.89. The zero-order valence-electron chi connectivity index (χ0n) is 5.73. The van der Waals surface area contributed by atoms with Crippen molar-refractivity contribution in [3.8, 4) is 0 Å². The lowest BCUT2D eigenvalue weighted by molar-refractivity contribution is 0.689. The predicted molar refractivity (Wildman–Crippen MR) is 46.2 cm³/mol. The second-order valence-electron chi connectivity index (χ2n) is 2.17.